The summed E-state index contributed by atoms with van der Waals surface area (Å²) in [4.78, 5) is 3.25. The summed E-state index contributed by atoms with van der Waals surface area (Å²) in [5.74, 6) is -1.57. The molecule has 1 unspecified atom stereocenters. The van der Waals surface area contributed by atoms with Crippen LogP contribution in [-0.2, 0) is 11.1 Å². The number of rotatable bonds is 1. The number of aromatic nitrogens is 1. The highest BCUT2D eigenvalue weighted by atomic mass is 32.2. The number of aryl methyl sites for hydroxylation is 1. The zero-order valence-corrected chi connectivity index (χ0v) is 13.3. The van der Waals surface area contributed by atoms with Gasteiger partial charge in [-0.05, 0) is 35.7 Å². The topological polar surface area (TPSA) is 106 Å². The lowest BCUT2D eigenvalue weighted by atomic mass is 10.2. The Labute approximate surface area is 139 Å². The second kappa shape index (κ2) is 7.21. The molecule has 24 heavy (non-hydrogen) atoms. The third kappa shape index (κ3) is 3.76. The Hall–Kier alpha value is -2.76. The lowest BCUT2D eigenvalue weighted by Gasteiger charge is -2.01. The molecule has 0 spiro atoms. The molecule has 5 nitrogen and oxygen atoms in total. The Bertz CT molecular complexity index is 964. The first-order valence-corrected chi connectivity index (χ1v) is 7.72. The maximum absolute atomic E-state index is 12.6. The first-order chi connectivity index (χ1) is 11.3. The van der Waals surface area contributed by atoms with Gasteiger partial charge in [-0.25, -0.2) is 8.78 Å². The molecular weight excluding hydrogens is 336 g/mol. The fraction of sp³-hybridized carbons (Fsp3) is 0.0625. The van der Waals surface area contributed by atoms with Crippen LogP contribution in [0, 0.1) is 29.9 Å². The minimum Gasteiger partial charge on any atom is -0.768 e. The second-order valence-corrected chi connectivity index (χ2v) is 5.81. The van der Waals surface area contributed by atoms with Gasteiger partial charge in [0.1, 0.15) is 17.7 Å². The molecule has 0 aliphatic heterocycles. The number of anilines is 1. The van der Waals surface area contributed by atoms with Crippen molar-refractivity contribution >= 4 is 27.7 Å². The zero-order valence-electron chi connectivity index (χ0n) is 12.5. The average molecular weight is 348 g/mol. The summed E-state index contributed by atoms with van der Waals surface area (Å²) < 4.78 is 46.5. The highest BCUT2D eigenvalue weighted by Gasteiger charge is 2.06. The van der Waals surface area contributed by atoms with E-state index in [1.54, 1.807) is 0 Å². The standard InChI is InChI=1S/C9H9NO2S.C7H4F2N2/c1-6-2-3-7-8(4-6)10-5-9(7)13(11)12;8-5-2-7(11)6(9)1-4(5)3-10/h2-5,10H,1H3,(H,11,12);1-2H,11H2/p-1. The van der Waals surface area contributed by atoms with Gasteiger partial charge >= 0.3 is 0 Å². The van der Waals surface area contributed by atoms with Gasteiger partial charge in [-0.1, -0.05) is 12.1 Å². The summed E-state index contributed by atoms with van der Waals surface area (Å²) in [7, 11) is 0. The maximum Gasteiger partial charge on any atom is 0.147 e. The molecular formula is C16H12F2N3O2S-. The summed E-state index contributed by atoms with van der Waals surface area (Å²) in [5.41, 5.74) is 6.36. The number of nitriles is 1. The van der Waals surface area contributed by atoms with Crippen molar-refractivity contribution in [2.24, 2.45) is 0 Å². The maximum atomic E-state index is 12.6. The van der Waals surface area contributed by atoms with E-state index in [1.807, 2.05) is 25.1 Å². The van der Waals surface area contributed by atoms with Gasteiger partial charge in [-0.2, -0.15) is 5.26 Å². The SMILES string of the molecule is Cc1ccc2c(S(=O)[O-])c[nH]c2c1.N#Cc1cc(F)c(N)cc1F. The fourth-order valence-electron chi connectivity index (χ4n) is 2.00. The molecule has 0 bridgehead atoms. The largest absolute Gasteiger partial charge is 0.768 e. The van der Waals surface area contributed by atoms with E-state index in [4.69, 9.17) is 11.0 Å². The molecule has 2 aromatic carbocycles. The Morgan fingerprint density at radius 3 is 2.58 bits per heavy atom. The molecule has 1 aromatic heterocycles. The van der Waals surface area contributed by atoms with Crippen LogP contribution in [0.5, 0.6) is 0 Å². The fourth-order valence-corrected chi connectivity index (χ4v) is 2.51. The third-order valence-electron chi connectivity index (χ3n) is 3.19. The monoisotopic (exact) mass is 348 g/mol. The normalized spacial score (nSPS) is 11.5. The van der Waals surface area contributed by atoms with E-state index < -0.39 is 22.7 Å². The van der Waals surface area contributed by atoms with Gasteiger partial charge in [0.25, 0.3) is 0 Å². The van der Waals surface area contributed by atoms with E-state index in [1.165, 1.54) is 12.3 Å². The quantitative estimate of drug-likeness (QED) is 0.520. The number of hydrogen-bond donors (Lipinski definition) is 2. The van der Waals surface area contributed by atoms with Gasteiger partial charge in [-0.15, -0.1) is 0 Å². The number of hydrogen-bond acceptors (Lipinski definition) is 4. The first kappa shape index (κ1) is 17.6. The van der Waals surface area contributed by atoms with Crippen molar-refractivity contribution in [2.45, 2.75) is 11.8 Å². The lowest BCUT2D eigenvalue weighted by Crippen LogP contribution is -1.94. The highest BCUT2D eigenvalue weighted by molar-refractivity contribution is 7.79. The molecule has 3 N–H and O–H groups in total. The van der Waals surface area contributed by atoms with Gasteiger partial charge in [0.2, 0.25) is 0 Å². The van der Waals surface area contributed by atoms with Crippen molar-refractivity contribution < 1.29 is 17.5 Å². The molecule has 0 amide bonds. The minimum absolute atomic E-state index is 0.290. The van der Waals surface area contributed by atoms with Crippen molar-refractivity contribution in [3.8, 4) is 6.07 Å². The second-order valence-electron chi connectivity index (χ2n) is 4.90. The van der Waals surface area contributed by atoms with Crippen molar-refractivity contribution in [1.82, 2.24) is 4.98 Å². The van der Waals surface area contributed by atoms with Crippen LogP contribution in [0.2, 0.25) is 0 Å². The molecule has 3 rings (SSSR count). The van der Waals surface area contributed by atoms with E-state index in [-0.39, 0.29) is 11.3 Å². The van der Waals surface area contributed by atoms with E-state index in [0.717, 1.165) is 28.6 Å². The molecule has 0 aliphatic rings. The molecule has 0 saturated heterocycles. The Balaban J connectivity index is 0.000000177. The molecule has 0 aliphatic carbocycles. The van der Waals surface area contributed by atoms with Crippen molar-refractivity contribution in [2.75, 3.05) is 5.73 Å². The van der Waals surface area contributed by atoms with E-state index in [2.05, 4.69) is 4.98 Å². The van der Waals surface area contributed by atoms with Gasteiger partial charge in [0.15, 0.2) is 0 Å². The van der Waals surface area contributed by atoms with E-state index in [9.17, 15) is 17.5 Å². The third-order valence-corrected chi connectivity index (χ3v) is 3.88. The van der Waals surface area contributed by atoms with Crippen LogP contribution in [-0.4, -0.2) is 13.7 Å². The summed E-state index contributed by atoms with van der Waals surface area (Å²) in [6.07, 6.45) is 1.51. The molecule has 8 heteroatoms. The first-order valence-electron chi connectivity index (χ1n) is 6.65. The van der Waals surface area contributed by atoms with Crippen LogP contribution in [0.25, 0.3) is 10.9 Å². The summed E-state index contributed by atoms with van der Waals surface area (Å²) in [5, 5.41) is 8.99. The number of nitrogens with zero attached hydrogens (tertiary/aromatic N) is 1. The van der Waals surface area contributed by atoms with Crippen molar-refractivity contribution in [3.63, 3.8) is 0 Å². The predicted molar refractivity (Wildman–Crippen MR) is 85.7 cm³/mol. The number of nitrogens with two attached hydrogens (primary N) is 1. The molecule has 1 heterocycles. The van der Waals surface area contributed by atoms with Crippen molar-refractivity contribution in [1.29, 1.82) is 5.26 Å². The molecule has 0 saturated carbocycles. The van der Waals surface area contributed by atoms with Crippen LogP contribution >= 0.6 is 0 Å². The minimum atomic E-state index is -2.16. The van der Waals surface area contributed by atoms with E-state index in [0.29, 0.717) is 4.90 Å². The lowest BCUT2D eigenvalue weighted by molar-refractivity contribution is 0.538. The average Bonchev–Trinajstić information content (AvgIpc) is 2.94. The number of benzene rings is 2. The van der Waals surface area contributed by atoms with Crippen LogP contribution in [0.4, 0.5) is 14.5 Å². The smallest absolute Gasteiger partial charge is 0.147 e. The van der Waals surface area contributed by atoms with Crippen LogP contribution in [0.15, 0.2) is 41.4 Å². The Kier molecular flexibility index (Phi) is 5.28. The van der Waals surface area contributed by atoms with Crippen LogP contribution in [0.1, 0.15) is 11.1 Å². The van der Waals surface area contributed by atoms with Gasteiger partial charge < -0.3 is 15.3 Å². The number of H-pyrrole nitrogens is 1. The number of fused-ring (bicyclic) bond motifs is 1. The number of nitrogen functional groups attached to an aromatic ring is 1. The molecule has 0 fully saturated rings. The number of aromatic amines is 1. The molecule has 1 atom stereocenters. The summed E-state index contributed by atoms with van der Waals surface area (Å²) in [6.45, 7) is 1.97. The highest BCUT2D eigenvalue weighted by Crippen LogP contribution is 2.21. The number of halogens is 2. The predicted octanol–water partition coefficient (Wildman–Crippen LogP) is 3.13. The van der Waals surface area contributed by atoms with Crippen LogP contribution in [0.3, 0.4) is 0 Å². The molecule has 0 radical (unpaired) electrons. The molecule has 124 valence electrons. The van der Waals surface area contributed by atoms with E-state index >= 15 is 0 Å². The Morgan fingerprint density at radius 1 is 1.25 bits per heavy atom. The number of nitrogens with one attached hydrogen (secondary N) is 1. The van der Waals surface area contributed by atoms with Gasteiger partial charge in [0, 0.05) is 23.2 Å². The Morgan fingerprint density at radius 2 is 1.96 bits per heavy atom. The zero-order chi connectivity index (χ0) is 17.9. The van der Waals surface area contributed by atoms with Gasteiger partial charge in [0.05, 0.1) is 16.1 Å². The van der Waals surface area contributed by atoms with Crippen molar-refractivity contribution in [3.05, 3.63) is 59.3 Å². The summed E-state index contributed by atoms with van der Waals surface area (Å²) in [6, 6.07) is 8.68. The van der Waals surface area contributed by atoms with Gasteiger partial charge in [-0.3, -0.25) is 4.21 Å². The molecule has 3 aromatic rings. The summed E-state index contributed by atoms with van der Waals surface area (Å²) >= 11 is -2.16. The van der Waals surface area contributed by atoms with Crippen LogP contribution < -0.4 is 5.73 Å².